The number of hydrogen-bond acceptors (Lipinski definition) is 3. The monoisotopic (exact) mass is 297 g/mol. The van der Waals surface area contributed by atoms with Gasteiger partial charge in [0.25, 0.3) is 0 Å². The van der Waals surface area contributed by atoms with E-state index in [2.05, 4.69) is 27.6 Å². The van der Waals surface area contributed by atoms with Gasteiger partial charge < -0.3 is 0 Å². The van der Waals surface area contributed by atoms with Gasteiger partial charge in [-0.3, -0.25) is 0 Å². The Bertz CT molecular complexity index is 375. The molecule has 1 rings (SSSR count). The molecule has 0 unspecified atom stereocenters. The smallest absolute Gasteiger partial charge is 0.192 e. The molecule has 5 heteroatoms. The fourth-order valence-corrected chi connectivity index (χ4v) is 1.83. The van der Waals surface area contributed by atoms with Crippen LogP contribution in [0.2, 0.25) is 0 Å². The summed E-state index contributed by atoms with van der Waals surface area (Å²) in [5, 5.41) is 0.150. The Hall–Kier alpha value is -0.170. The molecule has 3 nitrogen and oxygen atoms in total. The highest BCUT2D eigenvalue weighted by Crippen LogP contribution is 2.10. The van der Waals surface area contributed by atoms with E-state index in [1.807, 2.05) is 0 Å². The minimum absolute atomic E-state index is 0.150. The van der Waals surface area contributed by atoms with Gasteiger partial charge in [-0.15, -0.1) is 0 Å². The van der Waals surface area contributed by atoms with E-state index in [-0.39, 0.29) is 5.03 Å². The number of halogens is 1. The van der Waals surface area contributed by atoms with Crippen LogP contribution in [0.4, 0.5) is 0 Å². The molecule has 0 aliphatic heterocycles. The minimum atomic E-state index is -3.15. The van der Waals surface area contributed by atoms with Gasteiger partial charge >= 0.3 is 0 Å². The number of rotatable bonds is 2. The van der Waals surface area contributed by atoms with Crippen molar-refractivity contribution in [3.8, 4) is 0 Å². The first-order valence-electron chi connectivity index (χ1n) is 3.25. The van der Waals surface area contributed by atoms with E-state index in [0.29, 0.717) is 0 Å². The van der Waals surface area contributed by atoms with E-state index in [9.17, 15) is 8.42 Å². The molecular weight excluding hydrogens is 289 g/mol. The van der Waals surface area contributed by atoms with Crippen LogP contribution < -0.4 is 0 Å². The van der Waals surface area contributed by atoms with Crippen LogP contribution in [0.15, 0.2) is 23.4 Å². The molecule has 66 valence electrons. The van der Waals surface area contributed by atoms with E-state index in [1.54, 1.807) is 12.1 Å². The average Bonchev–Trinajstić information content (AvgIpc) is 2.03. The minimum Gasteiger partial charge on any atom is -0.245 e. The molecule has 0 aliphatic rings. The van der Waals surface area contributed by atoms with E-state index in [0.717, 1.165) is 16.2 Å². The summed E-state index contributed by atoms with van der Waals surface area (Å²) in [7, 11) is -3.15. The van der Waals surface area contributed by atoms with Gasteiger partial charge in [-0.05, 0) is 17.7 Å². The fourth-order valence-electron chi connectivity index (χ4n) is 0.736. The molecule has 0 spiro atoms. The second-order valence-corrected chi connectivity index (χ2v) is 5.13. The molecule has 0 aliphatic carbocycles. The first kappa shape index (κ1) is 9.91. The SMILES string of the molecule is CS(=O)(=O)c1cc(CI)ccn1. The van der Waals surface area contributed by atoms with Gasteiger partial charge in [0.1, 0.15) is 0 Å². The van der Waals surface area contributed by atoms with Crippen LogP contribution in [0.25, 0.3) is 0 Å². The summed E-state index contributed by atoms with van der Waals surface area (Å²) in [6.07, 6.45) is 2.68. The number of sulfone groups is 1. The highest BCUT2D eigenvalue weighted by Gasteiger charge is 2.07. The maximum absolute atomic E-state index is 11.0. The van der Waals surface area contributed by atoms with Crippen molar-refractivity contribution in [1.82, 2.24) is 4.98 Å². The molecule has 0 N–H and O–H groups in total. The van der Waals surface area contributed by atoms with E-state index in [1.165, 1.54) is 6.20 Å². The first-order valence-corrected chi connectivity index (χ1v) is 6.66. The van der Waals surface area contributed by atoms with Crippen LogP contribution in [0.3, 0.4) is 0 Å². The van der Waals surface area contributed by atoms with Crippen molar-refractivity contribution in [2.45, 2.75) is 9.45 Å². The molecule has 0 radical (unpaired) electrons. The van der Waals surface area contributed by atoms with Crippen molar-refractivity contribution < 1.29 is 8.42 Å². The Morgan fingerprint density at radius 3 is 2.75 bits per heavy atom. The summed E-state index contributed by atoms with van der Waals surface area (Å²) in [5.74, 6) is 0. The lowest BCUT2D eigenvalue weighted by Crippen LogP contribution is -2.00. The Morgan fingerprint density at radius 2 is 2.25 bits per heavy atom. The third-order valence-corrected chi connectivity index (χ3v) is 3.20. The molecule has 0 saturated heterocycles. The summed E-state index contributed by atoms with van der Waals surface area (Å²) >= 11 is 2.18. The number of pyridine rings is 1. The van der Waals surface area contributed by atoms with Crippen LogP contribution in [0.1, 0.15) is 5.56 Å². The summed E-state index contributed by atoms with van der Waals surface area (Å²) in [4.78, 5) is 3.77. The largest absolute Gasteiger partial charge is 0.245 e. The molecule has 1 aromatic heterocycles. The van der Waals surface area contributed by atoms with Crippen LogP contribution in [0.5, 0.6) is 0 Å². The van der Waals surface area contributed by atoms with E-state index < -0.39 is 9.84 Å². The highest BCUT2D eigenvalue weighted by molar-refractivity contribution is 14.1. The van der Waals surface area contributed by atoms with Crippen LogP contribution in [0, 0.1) is 0 Å². The van der Waals surface area contributed by atoms with Crippen LogP contribution in [-0.4, -0.2) is 19.7 Å². The second kappa shape index (κ2) is 3.69. The topological polar surface area (TPSA) is 47.0 Å². The van der Waals surface area contributed by atoms with Crippen molar-refractivity contribution in [3.63, 3.8) is 0 Å². The zero-order valence-electron chi connectivity index (χ0n) is 6.49. The number of alkyl halides is 1. The van der Waals surface area contributed by atoms with Gasteiger partial charge in [0.15, 0.2) is 14.9 Å². The zero-order valence-corrected chi connectivity index (χ0v) is 9.46. The molecule has 0 aromatic carbocycles. The first-order chi connectivity index (χ1) is 5.54. The van der Waals surface area contributed by atoms with Crippen molar-refractivity contribution in [1.29, 1.82) is 0 Å². The number of hydrogen-bond donors (Lipinski definition) is 0. The maximum atomic E-state index is 11.0. The average molecular weight is 297 g/mol. The maximum Gasteiger partial charge on any atom is 0.192 e. The summed E-state index contributed by atoms with van der Waals surface area (Å²) in [6, 6.07) is 3.41. The number of nitrogens with zero attached hydrogens (tertiary/aromatic N) is 1. The predicted molar refractivity (Wildman–Crippen MR) is 55.1 cm³/mol. The van der Waals surface area contributed by atoms with Crippen molar-refractivity contribution in [3.05, 3.63) is 23.9 Å². The van der Waals surface area contributed by atoms with Crippen LogP contribution in [-0.2, 0) is 14.3 Å². The molecule has 0 amide bonds. The van der Waals surface area contributed by atoms with Gasteiger partial charge in [-0.25, -0.2) is 13.4 Å². The summed E-state index contributed by atoms with van der Waals surface area (Å²) in [5.41, 5.74) is 0.978. The Kier molecular flexibility index (Phi) is 3.05. The standard InChI is InChI=1S/C7H8INO2S/c1-12(10,11)7-4-6(5-8)2-3-9-7/h2-4H,5H2,1H3. The summed E-state index contributed by atoms with van der Waals surface area (Å²) in [6.45, 7) is 0. The highest BCUT2D eigenvalue weighted by atomic mass is 127. The number of aromatic nitrogens is 1. The predicted octanol–water partition coefficient (Wildman–Crippen LogP) is 1.42. The Labute approximate surface area is 85.3 Å². The lowest BCUT2D eigenvalue weighted by molar-refractivity contribution is 0.598. The molecule has 0 saturated carbocycles. The molecule has 12 heavy (non-hydrogen) atoms. The Morgan fingerprint density at radius 1 is 1.58 bits per heavy atom. The van der Waals surface area contributed by atoms with Crippen LogP contribution >= 0.6 is 22.6 Å². The van der Waals surface area contributed by atoms with Crippen molar-refractivity contribution >= 4 is 32.4 Å². The lowest BCUT2D eigenvalue weighted by Gasteiger charge is -1.98. The molecule has 0 fully saturated rings. The molecular formula is C7H8INO2S. The second-order valence-electron chi connectivity index (χ2n) is 2.41. The van der Waals surface area contributed by atoms with E-state index in [4.69, 9.17) is 0 Å². The van der Waals surface area contributed by atoms with Crippen molar-refractivity contribution in [2.75, 3.05) is 6.26 Å². The molecule has 0 atom stereocenters. The quantitative estimate of drug-likeness (QED) is 0.613. The third kappa shape index (κ3) is 2.41. The van der Waals surface area contributed by atoms with Gasteiger partial charge in [-0.1, -0.05) is 22.6 Å². The molecule has 0 bridgehead atoms. The van der Waals surface area contributed by atoms with Gasteiger partial charge in [-0.2, -0.15) is 0 Å². The fraction of sp³-hybridized carbons (Fsp3) is 0.286. The molecule has 1 heterocycles. The third-order valence-electron chi connectivity index (χ3n) is 1.33. The normalized spacial score (nSPS) is 11.5. The lowest BCUT2D eigenvalue weighted by atomic mass is 10.3. The van der Waals surface area contributed by atoms with Gasteiger partial charge in [0, 0.05) is 16.9 Å². The summed E-state index contributed by atoms with van der Waals surface area (Å²) < 4.78 is 22.9. The zero-order chi connectivity index (χ0) is 9.19. The molecule has 1 aromatic rings. The van der Waals surface area contributed by atoms with Gasteiger partial charge in [0.05, 0.1) is 0 Å². The Balaban J connectivity index is 3.20. The van der Waals surface area contributed by atoms with Crippen molar-refractivity contribution in [2.24, 2.45) is 0 Å². The van der Waals surface area contributed by atoms with Gasteiger partial charge in [0.2, 0.25) is 0 Å². The van der Waals surface area contributed by atoms with E-state index >= 15 is 0 Å².